The quantitative estimate of drug-likeness (QED) is 0.733. The minimum Gasteiger partial charge on any atom is -0.475 e. The predicted octanol–water partition coefficient (Wildman–Crippen LogP) is 3.88. The highest BCUT2D eigenvalue weighted by molar-refractivity contribution is 6.07. The van der Waals surface area contributed by atoms with E-state index in [1.54, 1.807) is 0 Å². The number of nitrogens with zero attached hydrogens (tertiary/aromatic N) is 3. The van der Waals surface area contributed by atoms with Gasteiger partial charge in [0.1, 0.15) is 11.4 Å². The molecule has 6 nitrogen and oxygen atoms in total. The van der Waals surface area contributed by atoms with Crippen molar-refractivity contribution in [2.45, 2.75) is 57.8 Å². The molecule has 1 aromatic rings. The van der Waals surface area contributed by atoms with E-state index in [-0.39, 0.29) is 0 Å². The summed E-state index contributed by atoms with van der Waals surface area (Å²) < 4.78 is 31.7. The molecule has 0 bridgehead atoms. The molecule has 4 aliphatic rings. The van der Waals surface area contributed by atoms with Gasteiger partial charge in [0, 0.05) is 32.1 Å². The molecule has 1 N–H and O–H groups in total. The Morgan fingerprint density at radius 3 is 2.36 bits per heavy atom. The van der Waals surface area contributed by atoms with E-state index in [2.05, 4.69) is 36.1 Å². The average Bonchev–Trinajstić information content (AvgIpc) is 3.31. The second kappa shape index (κ2) is 8.74. The second-order valence-electron chi connectivity index (χ2n) is 9.83. The fourth-order valence-electron chi connectivity index (χ4n) is 5.42. The summed E-state index contributed by atoms with van der Waals surface area (Å²) in [5.41, 5.74) is 2.24. The average molecular weight is 466 g/mol. The molecule has 2 aliphatic heterocycles. The van der Waals surface area contributed by atoms with E-state index in [9.17, 15) is 18.0 Å². The lowest BCUT2D eigenvalue weighted by Gasteiger charge is -2.28. The number of benzene rings is 1. The number of likely N-dealkylation sites (tertiary alicyclic amines) is 1. The summed E-state index contributed by atoms with van der Waals surface area (Å²) in [7, 11) is 0. The molecule has 1 saturated heterocycles. The van der Waals surface area contributed by atoms with Crippen LogP contribution >= 0.6 is 0 Å². The Kier molecular flexibility index (Phi) is 6.28. The molecule has 2 saturated carbocycles. The fourth-order valence-corrected chi connectivity index (χ4v) is 5.42. The lowest BCUT2D eigenvalue weighted by molar-refractivity contribution is -0.192. The van der Waals surface area contributed by atoms with Crippen molar-refractivity contribution in [1.82, 2.24) is 9.80 Å². The van der Waals surface area contributed by atoms with Crippen LogP contribution in [0.3, 0.4) is 0 Å². The SMILES string of the molecule is CC1=N[C@@]2(CC[C@@H]3CN(Cc4ccc(C)cc4)C[C@@H]32)C(=O)N1CC1CC1.O=C(O)C(F)(F)F. The second-order valence-corrected chi connectivity index (χ2v) is 9.83. The number of hydrogen-bond donors (Lipinski definition) is 1. The molecule has 2 aliphatic carbocycles. The van der Waals surface area contributed by atoms with Crippen molar-refractivity contribution >= 4 is 17.7 Å². The van der Waals surface area contributed by atoms with E-state index in [4.69, 9.17) is 14.9 Å². The minimum atomic E-state index is -5.08. The molecule has 33 heavy (non-hydrogen) atoms. The van der Waals surface area contributed by atoms with Gasteiger partial charge >= 0.3 is 12.1 Å². The highest BCUT2D eigenvalue weighted by Gasteiger charge is 2.60. The van der Waals surface area contributed by atoms with E-state index in [1.807, 2.05) is 11.8 Å². The number of rotatable bonds is 4. The van der Waals surface area contributed by atoms with Gasteiger partial charge in [-0.3, -0.25) is 19.6 Å². The molecule has 180 valence electrons. The first kappa shape index (κ1) is 23.7. The first-order valence-corrected chi connectivity index (χ1v) is 11.5. The highest BCUT2D eigenvalue weighted by Crippen LogP contribution is 2.50. The van der Waals surface area contributed by atoms with Crippen LogP contribution in [0.25, 0.3) is 0 Å². The number of carboxylic acid groups (broad SMARTS) is 1. The largest absolute Gasteiger partial charge is 0.490 e. The lowest BCUT2D eigenvalue weighted by Crippen LogP contribution is -2.47. The summed E-state index contributed by atoms with van der Waals surface area (Å²) >= 11 is 0. The van der Waals surface area contributed by atoms with Crippen LogP contribution in [-0.4, -0.2) is 64.0 Å². The van der Waals surface area contributed by atoms with Crippen LogP contribution in [0.15, 0.2) is 29.3 Å². The number of carbonyl (C=O) groups is 2. The van der Waals surface area contributed by atoms with E-state index in [1.165, 1.54) is 24.0 Å². The van der Waals surface area contributed by atoms with E-state index in [0.29, 0.717) is 17.7 Å². The van der Waals surface area contributed by atoms with E-state index >= 15 is 0 Å². The van der Waals surface area contributed by atoms with Gasteiger partial charge in [0.05, 0.1) is 0 Å². The van der Waals surface area contributed by atoms with Gasteiger partial charge < -0.3 is 5.11 Å². The van der Waals surface area contributed by atoms with Gasteiger partial charge in [-0.05, 0) is 56.9 Å². The molecule has 3 fully saturated rings. The van der Waals surface area contributed by atoms with Gasteiger partial charge in [0.15, 0.2) is 0 Å². The normalized spacial score (nSPS) is 29.2. The number of halogens is 3. The van der Waals surface area contributed by atoms with Crippen LogP contribution in [0.1, 0.15) is 43.7 Å². The third-order valence-corrected chi connectivity index (χ3v) is 7.30. The molecule has 0 radical (unpaired) electrons. The van der Waals surface area contributed by atoms with Gasteiger partial charge in [-0.15, -0.1) is 0 Å². The van der Waals surface area contributed by atoms with Crippen molar-refractivity contribution in [2.75, 3.05) is 19.6 Å². The molecule has 2 heterocycles. The maximum Gasteiger partial charge on any atom is 0.490 e. The summed E-state index contributed by atoms with van der Waals surface area (Å²) in [6.45, 7) is 8.20. The lowest BCUT2D eigenvalue weighted by atomic mass is 9.85. The molecule has 1 amide bonds. The number of carboxylic acids is 1. The molecule has 0 aromatic heterocycles. The van der Waals surface area contributed by atoms with Crippen molar-refractivity contribution < 1.29 is 27.9 Å². The van der Waals surface area contributed by atoms with Crippen LogP contribution < -0.4 is 0 Å². The van der Waals surface area contributed by atoms with Crippen LogP contribution in [0.2, 0.25) is 0 Å². The number of aliphatic carboxylic acids is 1. The van der Waals surface area contributed by atoms with E-state index < -0.39 is 17.7 Å². The molecule has 1 aromatic carbocycles. The molecular weight excluding hydrogens is 435 g/mol. The van der Waals surface area contributed by atoms with Crippen LogP contribution in [0.4, 0.5) is 13.2 Å². The zero-order valence-electron chi connectivity index (χ0n) is 18.9. The summed E-state index contributed by atoms with van der Waals surface area (Å²) in [5.74, 6) is 0.276. The standard InChI is InChI=1S/C22H29N3O.C2HF3O2/c1-15-3-5-17(6-4-15)11-24-13-19-9-10-22(20(19)14-24)21(26)25(16(2)23-22)12-18-7-8-18;3-2(4,5)1(6)7/h3-6,18-20H,7-14H2,1-2H3;(H,6,7)/t19-,20+,22-;/m1./s1. The smallest absolute Gasteiger partial charge is 0.475 e. The number of hydrogen-bond acceptors (Lipinski definition) is 4. The number of aryl methyl sites for hydroxylation is 1. The topological polar surface area (TPSA) is 73.2 Å². The maximum absolute atomic E-state index is 13.3. The molecule has 1 spiro atoms. The zero-order valence-corrected chi connectivity index (χ0v) is 18.9. The van der Waals surface area contributed by atoms with Crippen molar-refractivity contribution in [3.05, 3.63) is 35.4 Å². The van der Waals surface area contributed by atoms with Gasteiger partial charge in [0.25, 0.3) is 5.91 Å². The minimum absolute atomic E-state index is 0.312. The van der Waals surface area contributed by atoms with Crippen LogP contribution in [0.5, 0.6) is 0 Å². The highest BCUT2D eigenvalue weighted by atomic mass is 19.4. The number of aliphatic imine (C=N–C) groups is 1. The van der Waals surface area contributed by atoms with Crippen LogP contribution in [0, 0.1) is 24.7 Å². The number of fused-ring (bicyclic) bond motifs is 2. The third kappa shape index (κ3) is 4.93. The van der Waals surface area contributed by atoms with Crippen molar-refractivity contribution in [1.29, 1.82) is 0 Å². The number of carbonyl (C=O) groups excluding carboxylic acids is 1. The molecule has 5 rings (SSSR count). The predicted molar refractivity (Wildman–Crippen MR) is 117 cm³/mol. The Balaban J connectivity index is 0.000000325. The summed E-state index contributed by atoms with van der Waals surface area (Å²) in [5, 5.41) is 7.12. The van der Waals surface area contributed by atoms with Gasteiger partial charge in [-0.1, -0.05) is 29.8 Å². The first-order valence-electron chi connectivity index (χ1n) is 11.5. The van der Waals surface area contributed by atoms with Crippen molar-refractivity contribution in [3.8, 4) is 0 Å². The number of amides is 1. The molecule has 9 heteroatoms. The Labute approximate surface area is 191 Å². The number of alkyl halides is 3. The van der Waals surface area contributed by atoms with Gasteiger partial charge in [0.2, 0.25) is 0 Å². The summed E-state index contributed by atoms with van der Waals surface area (Å²) in [4.78, 5) is 31.8. The fraction of sp³-hybridized carbons (Fsp3) is 0.625. The van der Waals surface area contributed by atoms with E-state index in [0.717, 1.165) is 50.8 Å². The third-order valence-electron chi connectivity index (χ3n) is 7.30. The summed E-state index contributed by atoms with van der Waals surface area (Å²) in [6.07, 6.45) is -0.423. The molecule has 3 atom stereocenters. The van der Waals surface area contributed by atoms with Crippen molar-refractivity contribution in [3.63, 3.8) is 0 Å². The monoisotopic (exact) mass is 465 g/mol. The van der Waals surface area contributed by atoms with Crippen molar-refractivity contribution in [2.24, 2.45) is 22.7 Å². The zero-order chi connectivity index (χ0) is 24.0. The first-order chi connectivity index (χ1) is 15.5. The molecular formula is C24H30F3N3O3. The van der Waals surface area contributed by atoms with Gasteiger partial charge in [-0.25, -0.2) is 4.79 Å². The Morgan fingerprint density at radius 2 is 1.79 bits per heavy atom. The Hall–Kier alpha value is -2.42. The number of amidine groups is 1. The Bertz CT molecular complexity index is 943. The molecule has 0 unspecified atom stereocenters. The maximum atomic E-state index is 13.3. The Morgan fingerprint density at radius 1 is 1.15 bits per heavy atom. The summed E-state index contributed by atoms with van der Waals surface area (Å²) in [6, 6.07) is 8.86. The van der Waals surface area contributed by atoms with Gasteiger partial charge in [-0.2, -0.15) is 13.2 Å². The van der Waals surface area contributed by atoms with Crippen LogP contribution in [-0.2, 0) is 16.1 Å².